The Labute approximate surface area is 93.7 Å². The van der Waals surface area contributed by atoms with Gasteiger partial charge in [-0.1, -0.05) is 23.7 Å². The summed E-state index contributed by atoms with van der Waals surface area (Å²) in [6, 6.07) is 7.35. The number of hydrogen-bond acceptors (Lipinski definition) is 2. The molecule has 0 aliphatic rings. The van der Waals surface area contributed by atoms with Crippen LogP contribution in [0.3, 0.4) is 0 Å². The van der Waals surface area contributed by atoms with Gasteiger partial charge in [-0.2, -0.15) is 0 Å². The Morgan fingerprint density at radius 1 is 1.31 bits per heavy atom. The number of hydrogen-bond donors (Lipinski definition) is 1. The molecule has 1 N–H and O–H groups in total. The van der Waals surface area contributed by atoms with Crippen molar-refractivity contribution in [2.24, 2.45) is 0 Å². The minimum atomic E-state index is 0.205. The first-order valence-corrected chi connectivity index (χ1v) is 5.08. The van der Waals surface area contributed by atoms with Gasteiger partial charge in [0.1, 0.15) is 10.9 Å². The molecular formula is C9H5ClINO. The average Bonchev–Trinajstić information content (AvgIpc) is 2.15. The Morgan fingerprint density at radius 2 is 2.00 bits per heavy atom. The number of fused-ring (bicyclic) bond motifs is 1. The Hall–Kier alpha value is -0.550. The van der Waals surface area contributed by atoms with E-state index in [1.165, 1.54) is 0 Å². The van der Waals surface area contributed by atoms with E-state index in [4.69, 9.17) is 11.6 Å². The van der Waals surface area contributed by atoms with Crippen LogP contribution in [0.1, 0.15) is 0 Å². The lowest BCUT2D eigenvalue weighted by Crippen LogP contribution is -1.85. The third kappa shape index (κ3) is 1.46. The summed E-state index contributed by atoms with van der Waals surface area (Å²) in [4.78, 5) is 4.13. The topological polar surface area (TPSA) is 33.1 Å². The lowest BCUT2D eigenvalue weighted by molar-refractivity contribution is 0.477. The molecule has 1 aromatic heterocycles. The fourth-order valence-corrected chi connectivity index (χ4v) is 1.73. The number of aromatic hydroxyl groups is 1. The molecule has 66 valence electrons. The Bertz CT molecular complexity index is 472. The van der Waals surface area contributed by atoms with Crippen LogP contribution in [-0.4, -0.2) is 10.1 Å². The maximum atomic E-state index is 9.71. The third-order valence-corrected chi connectivity index (χ3v) is 3.38. The van der Waals surface area contributed by atoms with Crippen molar-refractivity contribution < 1.29 is 5.11 Å². The monoisotopic (exact) mass is 305 g/mol. The van der Waals surface area contributed by atoms with Gasteiger partial charge in [0.05, 0.1) is 9.09 Å². The molecule has 2 rings (SSSR count). The summed E-state index contributed by atoms with van der Waals surface area (Å²) in [5.41, 5.74) is 0.713. The highest BCUT2D eigenvalue weighted by Crippen LogP contribution is 2.32. The van der Waals surface area contributed by atoms with Crippen molar-refractivity contribution in [2.75, 3.05) is 0 Å². The van der Waals surface area contributed by atoms with Gasteiger partial charge in [-0.25, -0.2) is 4.98 Å². The number of halogens is 2. The summed E-state index contributed by atoms with van der Waals surface area (Å²) in [6.45, 7) is 0. The summed E-state index contributed by atoms with van der Waals surface area (Å²) < 4.78 is 0.595. The molecule has 2 aromatic rings. The zero-order valence-electron chi connectivity index (χ0n) is 6.46. The minimum absolute atomic E-state index is 0.205. The highest BCUT2D eigenvalue weighted by molar-refractivity contribution is 14.1. The molecular weight excluding hydrogens is 300 g/mol. The molecule has 0 unspecified atom stereocenters. The van der Waals surface area contributed by atoms with Gasteiger partial charge in [0.15, 0.2) is 0 Å². The smallest absolute Gasteiger partial charge is 0.146 e. The van der Waals surface area contributed by atoms with Crippen molar-refractivity contribution in [3.8, 4) is 5.75 Å². The second-order valence-electron chi connectivity index (χ2n) is 2.58. The number of rotatable bonds is 0. The quantitative estimate of drug-likeness (QED) is 0.599. The molecule has 0 atom stereocenters. The number of benzene rings is 1. The molecule has 0 radical (unpaired) electrons. The predicted molar refractivity (Wildman–Crippen MR) is 61.1 cm³/mol. The summed E-state index contributed by atoms with van der Waals surface area (Å²) in [5, 5.41) is 10.8. The summed E-state index contributed by atoms with van der Waals surface area (Å²) in [6.07, 6.45) is 0. The number of nitrogens with zero attached hydrogens (tertiary/aromatic N) is 1. The van der Waals surface area contributed by atoms with Crippen molar-refractivity contribution in [2.45, 2.75) is 0 Å². The lowest BCUT2D eigenvalue weighted by Gasteiger charge is -2.03. The van der Waals surface area contributed by atoms with Crippen LogP contribution < -0.4 is 0 Å². The fourth-order valence-electron chi connectivity index (χ4n) is 1.14. The SMILES string of the molecule is Oc1c(I)c(Cl)nc2ccccc12. The van der Waals surface area contributed by atoms with E-state index >= 15 is 0 Å². The second kappa shape index (κ2) is 3.31. The highest BCUT2D eigenvalue weighted by atomic mass is 127. The standard InChI is InChI=1S/C9H5ClINO/c10-9-7(11)8(13)5-3-1-2-4-6(5)12-9/h1-4H,(H,12,13). The van der Waals surface area contributed by atoms with Crippen LogP contribution in [0.2, 0.25) is 5.15 Å². The minimum Gasteiger partial charge on any atom is -0.506 e. The van der Waals surface area contributed by atoms with Gasteiger partial charge in [0.2, 0.25) is 0 Å². The molecule has 0 amide bonds. The van der Waals surface area contributed by atoms with Gasteiger partial charge in [0, 0.05) is 5.39 Å². The summed E-state index contributed by atoms with van der Waals surface area (Å²) in [7, 11) is 0. The number of para-hydroxylation sites is 1. The zero-order chi connectivity index (χ0) is 9.42. The van der Waals surface area contributed by atoms with Crippen LogP contribution >= 0.6 is 34.2 Å². The van der Waals surface area contributed by atoms with Crippen LogP contribution in [0.4, 0.5) is 0 Å². The molecule has 2 nitrogen and oxygen atoms in total. The molecule has 13 heavy (non-hydrogen) atoms. The molecule has 0 aliphatic carbocycles. The Kier molecular flexibility index (Phi) is 2.29. The van der Waals surface area contributed by atoms with E-state index in [2.05, 4.69) is 4.98 Å². The molecule has 1 aromatic carbocycles. The van der Waals surface area contributed by atoms with Gasteiger partial charge in [-0.05, 0) is 34.7 Å². The molecule has 0 fully saturated rings. The van der Waals surface area contributed by atoms with E-state index in [1.54, 1.807) is 0 Å². The number of aromatic nitrogens is 1. The molecule has 0 saturated carbocycles. The van der Waals surface area contributed by atoms with Crippen LogP contribution in [0, 0.1) is 3.57 Å². The Balaban J connectivity index is 2.94. The van der Waals surface area contributed by atoms with Gasteiger partial charge in [-0.15, -0.1) is 0 Å². The van der Waals surface area contributed by atoms with Gasteiger partial charge in [0.25, 0.3) is 0 Å². The van der Waals surface area contributed by atoms with Crippen molar-refractivity contribution in [1.82, 2.24) is 4.98 Å². The van der Waals surface area contributed by atoms with E-state index in [9.17, 15) is 5.11 Å². The van der Waals surface area contributed by atoms with Crippen molar-refractivity contribution in [1.29, 1.82) is 0 Å². The zero-order valence-corrected chi connectivity index (χ0v) is 9.37. The largest absolute Gasteiger partial charge is 0.506 e. The average molecular weight is 306 g/mol. The fraction of sp³-hybridized carbons (Fsp3) is 0. The second-order valence-corrected chi connectivity index (χ2v) is 4.02. The van der Waals surface area contributed by atoms with Crippen LogP contribution in [0.15, 0.2) is 24.3 Å². The normalized spacial score (nSPS) is 10.6. The maximum absolute atomic E-state index is 9.71. The maximum Gasteiger partial charge on any atom is 0.146 e. The molecule has 4 heteroatoms. The highest BCUT2D eigenvalue weighted by Gasteiger charge is 2.09. The van der Waals surface area contributed by atoms with E-state index in [0.29, 0.717) is 14.2 Å². The van der Waals surface area contributed by atoms with Gasteiger partial charge < -0.3 is 5.11 Å². The van der Waals surface area contributed by atoms with Crippen molar-refractivity contribution >= 4 is 45.1 Å². The third-order valence-electron chi connectivity index (χ3n) is 1.77. The van der Waals surface area contributed by atoms with Crippen LogP contribution in [0.25, 0.3) is 10.9 Å². The van der Waals surface area contributed by atoms with Gasteiger partial charge in [-0.3, -0.25) is 0 Å². The first-order chi connectivity index (χ1) is 6.20. The molecule has 1 heterocycles. The van der Waals surface area contributed by atoms with Crippen molar-refractivity contribution in [3.63, 3.8) is 0 Å². The first-order valence-electron chi connectivity index (χ1n) is 3.63. The van der Waals surface area contributed by atoms with E-state index in [1.807, 2.05) is 46.9 Å². The van der Waals surface area contributed by atoms with Gasteiger partial charge >= 0.3 is 0 Å². The van der Waals surface area contributed by atoms with Crippen molar-refractivity contribution in [3.05, 3.63) is 33.0 Å². The number of pyridine rings is 1. The molecule has 0 saturated heterocycles. The first kappa shape index (κ1) is 9.02. The van der Waals surface area contributed by atoms with E-state index in [0.717, 1.165) is 5.39 Å². The van der Waals surface area contributed by atoms with E-state index in [-0.39, 0.29) is 5.75 Å². The molecule has 0 aliphatic heterocycles. The Morgan fingerprint density at radius 3 is 2.77 bits per heavy atom. The van der Waals surface area contributed by atoms with Crippen LogP contribution in [-0.2, 0) is 0 Å². The molecule has 0 bridgehead atoms. The lowest BCUT2D eigenvalue weighted by atomic mass is 10.2. The molecule has 0 spiro atoms. The summed E-state index contributed by atoms with van der Waals surface area (Å²) in [5.74, 6) is 0.205. The predicted octanol–water partition coefficient (Wildman–Crippen LogP) is 3.20. The summed E-state index contributed by atoms with van der Waals surface area (Å²) >= 11 is 7.79. The van der Waals surface area contributed by atoms with E-state index < -0.39 is 0 Å². The van der Waals surface area contributed by atoms with Crippen LogP contribution in [0.5, 0.6) is 5.75 Å².